The highest BCUT2D eigenvalue weighted by Crippen LogP contribution is 2.38. The van der Waals surface area contributed by atoms with E-state index in [2.05, 4.69) is 35.2 Å². The predicted molar refractivity (Wildman–Crippen MR) is 97.4 cm³/mol. The number of hydrogen-bond donors (Lipinski definition) is 0. The smallest absolute Gasteiger partial charge is 0.257 e. The lowest BCUT2D eigenvalue weighted by Gasteiger charge is -2.42. The lowest BCUT2D eigenvalue weighted by molar-refractivity contribution is 0.0476. The highest BCUT2D eigenvalue weighted by molar-refractivity contribution is 5.95. The molecule has 25 heavy (non-hydrogen) atoms. The summed E-state index contributed by atoms with van der Waals surface area (Å²) in [5, 5.41) is 0. The SMILES string of the molecule is Cc1occc1C(=O)N(C)C1C[C@H]2CC[C@@H](C1)N2Cc1ccccc1. The Labute approximate surface area is 149 Å². The van der Waals surface area contributed by atoms with Crippen LogP contribution in [-0.2, 0) is 6.54 Å². The maximum atomic E-state index is 12.8. The van der Waals surface area contributed by atoms with Crippen LogP contribution in [0.5, 0.6) is 0 Å². The van der Waals surface area contributed by atoms with E-state index >= 15 is 0 Å². The number of piperidine rings is 1. The van der Waals surface area contributed by atoms with Crippen LogP contribution in [0.2, 0.25) is 0 Å². The first-order valence-electron chi connectivity index (χ1n) is 9.24. The van der Waals surface area contributed by atoms with Gasteiger partial charge in [0.2, 0.25) is 0 Å². The second kappa shape index (κ2) is 6.68. The second-order valence-electron chi connectivity index (χ2n) is 7.47. The molecule has 1 aromatic carbocycles. The molecule has 2 saturated heterocycles. The van der Waals surface area contributed by atoms with Gasteiger partial charge in [0.05, 0.1) is 11.8 Å². The van der Waals surface area contributed by atoms with Crippen LogP contribution in [0.3, 0.4) is 0 Å². The van der Waals surface area contributed by atoms with Gasteiger partial charge in [-0.05, 0) is 44.2 Å². The van der Waals surface area contributed by atoms with Crippen molar-refractivity contribution in [1.82, 2.24) is 9.80 Å². The van der Waals surface area contributed by atoms with Crippen molar-refractivity contribution in [2.45, 2.75) is 57.3 Å². The van der Waals surface area contributed by atoms with Gasteiger partial charge < -0.3 is 9.32 Å². The summed E-state index contributed by atoms with van der Waals surface area (Å²) in [5.41, 5.74) is 2.08. The van der Waals surface area contributed by atoms with Gasteiger partial charge in [-0.2, -0.15) is 0 Å². The average Bonchev–Trinajstić information content (AvgIpc) is 3.14. The first-order valence-corrected chi connectivity index (χ1v) is 9.24. The van der Waals surface area contributed by atoms with Gasteiger partial charge in [-0.3, -0.25) is 9.69 Å². The minimum Gasteiger partial charge on any atom is -0.469 e. The van der Waals surface area contributed by atoms with E-state index in [9.17, 15) is 4.79 Å². The number of amides is 1. The zero-order valence-electron chi connectivity index (χ0n) is 15.0. The van der Waals surface area contributed by atoms with Crippen LogP contribution in [0.1, 0.15) is 47.4 Å². The molecule has 3 atom stereocenters. The molecule has 2 fully saturated rings. The molecule has 3 heterocycles. The number of furan rings is 1. The van der Waals surface area contributed by atoms with Gasteiger partial charge in [-0.15, -0.1) is 0 Å². The van der Waals surface area contributed by atoms with Crippen LogP contribution < -0.4 is 0 Å². The number of fused-ring (bicyclic) bond motifs is 2. The lowest BCUT2D eigenvalue weighted by atomic mass is 9.95. The number of hydrogen-bond acceptors (Lipinski definition) is 3. The highest BCUT2D eigenvalue weighted by Gasteiger charge is 2.42. The molecule has 132 valence electrons. The van der Waals surface area contributed by atoms with Crippen LogP contribution in [-0.4, -0.2) is 40.9 Å². The molecule has 2 aliphatic heterocycles. The summed E-state index contributed by atoms with van der Waals surface area (Å²) in [6, 6.07) is 14.0. The van der Waals surface area contributed by atoms with Gasteiger partial charge in [0.25, 0.3) is 5.91 Å². The van der Waals surface area contributed by atoms with Gasteiger partial charge in [0.1, 0.15) is 5.76 Å². The van der Waals surface area contributed by atoms with E-state index in [1.807, 2.05) is 18.9 Å². The summed E-state index contributed by atoms with van der Waals surface area (Å²) < 4.78 is 5.31. The predicted octanol–water partition coefficient (Wildman–Crippen LogP) is 3.86. The third kappa shape index (κ3) is 3.11. The Bertz CT molecular complexity index is 725. The summed E-state index contributed by atoms with van der Waals surface area (Å²) in [6.45, 7) is 2.88. The number of rotatable bonds is 4. The van der Waals surface area contributed by atoms with Crippen molar-refractivity contribution in [1.29, 1.82) is 0 Å². The van der Waals surface area contributed by atoms with Gasteiger partial charge in [-0.25, -0.2) is 0 Å². The summed E-state index contributed by atoms with van der Waals surface area (Å²) in [5.74, 6) is 0.800. The fourth-order valence-electron chi connectivity index (χ4n) is 4.58. The van der Waals surface area contributed by atoms with E-state index in [1.54, 1.807) is 12.3 Å². The van der Waals surface area contributed by atoms with Crippen molar-refractivity contribution >= 4 is 5.91 Å². The van der Waals surface area contributed by atoms with E-state index in [0.29, 0.717) is 29.4 Å². The Morgan fingerprint density at radius 1 is 1.16 bits per heavy atom. The molecule has 2 aromatic rings. The van der Waals surface area contributed by atoms with Crippen molar-refractivity contribution in [3.8, 4) is 0 Å². The number of benzene rings is 1. The molecule has 0 radical (unpaired) electrons. The molecule has 1 amide bonds. The molecular formula is C21H26N2O2. The summed E-state index contributed by atoms with van der Waals surface area (Å²) in [4.78, 5) is 17.4. The summed E-state index contributed by atoms with van der Waals surface area (Å²) >= 11 is 0. The third-order valence-corrected chi connectivity index (χ3v) is 6.02. The third-order valence-electron chi connectivity index (χ3n) is 6.02. The summed E-state index contributed by atoms with van der Waals surface area (Å²) in [6.07, 6.45) is 6.25. The monoisotopic (exact) mass is 338 g/mol. The van der Waals surface area contributed by atoms with Crippen molar-refractivity contribution in [2.24, 2.45) is 0 Å². The highest BCUT2D eigenvalue weighted by atomic mass is 16.3. The molecule has 0 saturated carbocycles. The molecule has 2 bridgehead atoms. The lowest BCUT2D eigenvalue weighted by Crippen LogP contribution is -2.50. The van der Waals surface area contributed by atoms with Crippen molar-refractivity contribution in [2.75, 3.05) is 7.05 Å². The van der Waals surface area contributed by atoms with Crippen molar-refractivity contribution in [3.63, 3.8) is 0 Å². The minimum absolute atomic E-state index is 0.0900. The second-order valence-corrected chi connectivity index (χ2v) is 7.47. The average molecular weight is 338 g/mol. The summed E-state index contributed by atoms with van der Waals surface area (Å²) in [7, 11) is 1.95. The van der Waals surface area contributed by atoms with Crippen molar-refractivity contribution < 1.29 is 9.21 Å². The largest absolute Gasteiger partial charge is 0.469 e. The van der Waals surface area contributed by atoms with E-state index in [4.69, 9.17) is 4.42 Å². The Kier molecular flexibility index (Phi) is 4.38. The molecule has 0 spiro atoms. The van der Waals surface area contributed by atoms with Gasteiger partial charge in [0.15, 0.2) is 0 Å². The quantitative estimate of drug-likeness (QED) is 0.849. The fraction of sp³-hybridized carbons (Fsp3) is 0.476. The van der Waals surface area contributed by atoms with Gasteiger partial charge in [-0.1, -0.05) is 30.3 Å². The molecule has 4 nitrogen and oxygen atoms in total. The fourth-order valence-corrected chi connectivity index (χ4v) is 4.58. The molecule has 4 rings (SSSR count). The zero-order chi connectivity index (χ0) is 17.4. The molecule has 4 heteroatoms. The van der Waals surface area contributed by atoms with E-state index in [0.717, 1.165) is 19.4 Å². The Morgan fingerprint density at radius 3 is 2.44 bits per heavy atom. The molecule has 2 aliphatic rings. The van der Waals surface area contributed by atoms with Crippen LogP contribution in [0.15, 0.2) is 47.1 Å². The van der Waals surface area contributed by atoms with Crippen molar-refractivity contribution in [3.05, 3.63) is 59.5 Å². The van der Waals surface area contributed by atoms with Crippen LogP contribution in [0.25, 0.3) is 0 Å². The van der Waals surface area contributed by atoms with Crippen LogP contribution in [0.4, 0.5) is 0 Å². The van der Waals surface area contributed by atoms with Crippen LogP contribution >= 0.6 is 0 Å². The molecule has 1 unspecified atom stereocenters. The number of aryl methyl sites for hydroxylation is 1. The number of nitrogens with zero attached hydrogens (tertiary/aromatic N) is 2. The molecule has 1 aromatic heterocycles. The maximum Gasteiger partial charge on any atom is 0.257 e. The zero-order valence-corrected chi connectivity index (χ0v) is 15.0. The van der Waals surface area contributed by atoms with Gasteiger partial charge in [0, 0.05) is 31.7 Å². The van der Waals surface area contributed by atoms with Crippen LogP contribution in [0, 0.1) is 6.92 Å². The van der Waals surface area contributed by atoms with E-state index in [-0.39, 0.29) is 5.91 Å². The Balaban J connectivity index is 1.44. The molecule has 0 N–H and O–H groups in total. The standard InChI is InChI=1S/C21H26N2O2/c1-15-20(10-11-25-15)21(24)22(2)19-12-17-8-9-18(13-19)23(17)14-16-6-4-3-5-7-16/h3-7,10-11,17-19H,8-9,12-14H2,1-2H3/t17-,18+,19?. The maximum absolute atomic E-state index is 12.8. The minimum atomic E-state index is 0.0900. The number of carbonyl (C=O) groups excluding carboxylic acids is 1. The molecular weight excluding hydrogens is 312 g/mol. The Hall–Kier alpha value is -2.07. The van der Waals surface area contributed by atoms with E-state index < -0.39 is 0 Å². The topological polar surface area (TPSA) is 36.7 Å². The first-order chi connectivity index (χ1) is 12.1. The molecule has 0 aliphatic carbocycles. The number of carbonyl (C=O) groups is 1. The van der Waals surface area contributed by atoms with E-state index in [1.165, 1.54) is 18.4 Å². The normalized spacial score (nSPS) is 25.9. The Morgan fingerprint density at radius 2 is 1.84 bits per heavy atom. The van der Waals surface area contributed by atoms with Gasteiger partial charge >= 0.3 is 0 Å². The first kappa shape index (κ1) is 16.4.